The fourth-order valence-electron chi connectivity index (χ4n) is 3.76. The van der Waals surface area contributed by atoms with Crippen LogP contribution in [0.5, 0.6) is 5.75 Å². The zero-order chi connectivity index (χ0) is 17.8. The number of nitrogens with one attached hydrogen (secondary N) is 1. The summed E-state index contributed by atoms with van der Waals surface area (Å²) in [6.07, 6.45) is 4.14. The molecule has 3 unspecified atom stereocenters. The highest BCUT2D eigenvalue weighted by atomic mass is 35.5. The van der Waals surface area contributed by atoms with Crippen molar-refractivity contribution in [2.75, 3.05) is 18.0 Å². The van der Waals surface area contributed by atoms with Crippen LogP contribution in [0.1, 0.15) is 39.0 Å². The lowest BCUT2D eigenvalue weighted by Gasteiger charge is -2.34. The summed E-state index contributed by atoms with van der Waals surface area (Å²) >= 11 is 0. The molecule has 6 nitrogen and oxygen atoms in total. The molecular formula is C19H28ClN3O3. The van der Waals surface area contributed by atoms with Crippen molar-refractivity contribution in [2.24, 2.45) is 11.7 Å². The molecule has 1 fully saturated rings. The van der Waals surface area contributed by atoms with Crippen molar-refractivity contribution < 1.29 is 14.3 Å². The van der Waals surface area contributed by atoms with Gasteiger partial charge in [0.05, 0.1) is 5.69 Å². The molecule has 3 N–H and O–H groups in total. The van der Waals surface area contributed by atoms with Crippen molar-refractivity contribution in [1.29, 1.82) is 0 Å². The first-order valence-corrected chi connectivity index (χ1v) is 9.16. The minimum atomic E-state index is -0.530. The first-order chi connectivity index (χ1) is 12.1. The monoisotopic (exact) mass is 381 g/mol. The maximum Gasteiger partial charge on any atom is 0.267 e. The smallest absolute Gasteiger partial charge is 0.267 e. The number of para-hydroxylation sites is 2. The van der Waals surface area contributed by atoms with E-state index in [0.717, 1.165) is 24.9 Å². The average molecular weight is 382 g/mol. The Kier molecular flexibility index (Phi) is 7.29. The zero-order valence-electron chi connectivity index (χ0n) is 15.1. The summed E-state index contributed by atoms with van der Waals surface area (Å²) in [6.45, 7) is 2.70. The Labute approximate surface area is 160 Å². The zero-order valence-corrected chi connectivity index (χ0v) is 16.0. The van der Waals surface area contributed by atoms with E-state index in [1.807, 2.05) is 24.3 Å². The number of ether oxygens (including phenoxy) is 1. The summed E-state index contributed by atoms with van der Waals surface area (Å²) in [7, 11) is 0. The largest absolute Gasteiger partial charge is 0.479 e. The van der Waals surface area contributed by atoms with Crippen molar-refractivity contribution in [2.45, 2.75) is 51.2 Å². The van der Waals surface area contributed by atoms with E-state index in [1.165, 1.54) is 6.42 Å². The van der Waals surface area contributed by atoms with Gasteiger partial charge in [-0.2, -0.15) is 0 Å². The van der Waals surface area contributed by atoms with Gasteiger partial charge in [-0.05, 0) is 44.4 Å². The molecule has 7 heteroatoms. The molecule has 1 aliphatic heterocycles. The van der Waals surface area contributed by atoms with E-state index in [-0.39, 0.29) is 36.7 Å². The number of nitrogens with zero attached hydrogens (tertiary/aromatic N) is 1. The molecule has 1 aromatic rings. The van der Waals surface area contributed by atoms with Gasteiger partial charge < -0.3 is 20.7 Å². The summed E-state index contributed by atoms with van der Waals surface area (Å²) in [4.78, 5) is 26.5. The maximum atomic E-state index is 12.4. The molecule has 2 aliphatic rings. The van der Waals surface area contributed by atoms with Gasteiger partial charge in [-0.3, -0.25) is 9.59 Å². The third-order valence-corrected chi connectivity index (χ3v) is 5.19. The van der Waals surface area contributed by atoms with E-state index >= 15 is 0 Å². The van der Waals surface area contributed by atoms with Gasteiger partial charge in [0.1, 0.15) is 5.75 Å². The molecule has 144 valence electrons. The second kappa shape index (κ2) is 9.24. The number of hydrogen-bond donors (Lipinski definition) is 2. The van der Waals surface area contributed by atoms with Gasteiger partial charge in [0.2, 0.25) is 5.91 Å². The average Bonchev–Trinajstić information content (AvgIpc) is 2.62. The first-order valence-electron chi connectivity index (χ1n) is 9.16. The van der Waals surface area contributed by atoms with E-state index in [4.69, 9.17) is 10.5 Å². The number of carbonyl (C=O) groups excluding carboxylic acids is 2. The lowest BCUT2D eigenvalue weighted by molar-refractivity contribution is -0.125. The highest BCUT2D eigenvalue weighted by Gasteiger charge is 2.32. The third kappa shape index (κ3) is 4.48. The third-order valence-electron chi connectivity index (χ3n) is 5.19. The predicted molar refractivity (Wildman–Crippen MR) is 104 cm³/mol. The Morgan fingerprint density at radius 3 is 2.81 bits per heavy atom. The van der Waals surface area contributed by atoms with Gasteiger partial charge in [0, 0.05) is 19.0 Å². The van der Waals surface area contributed by atoms with Crippen LogP contribution in [0.4, 0.5) is 5.69 Å². The number of halogens is 1. The van der Waals surface area contributed by atoms with E-state index in [1.54, 1.807) is 11.8 Å². The maximum absolute atomic E-state index is 12.4. The van der Waals surface area contributed by atoms with Gasteiger partial charge in [0.15, 0.2) is 6.10 Å². The van der Waals surface area contributed by atoms with Gasteiger partial charge in [0.25, 0.3) is 5.91 Å². The fourth-order valence-corrected chi connectivity index (χ4v) is 3.76. The summed E-state index contributed by atoms with van der Waals surface area (Å²) < 4.78 is 5.63. The molecule has 1 heterocycles. The predicted octanol–water partition coefficient (Wildman–Crippen LogP) is 2.25. The normalized spacial score (nSPS) is 24.9. The summed E-state index contributed by atoms with van der Waals surface area (Å²) in [6, 6.07) is 7.61. The Balaban J connectivity index is 0.00000243. The quantitative estimate of drug-likeness (QED) is 0.819. The first kappa shape index (κ1) is 20.5. The van der Waals surface area contributed by atoms with Crippen molar-refractivity contribution in [3.05, 3.63) is 24.3 Å². The highest BCUT2D eigenvalue weighted by molar-refractivity contribution is 6.00. The summed E-state index contributed by atoms with van der Waals surface area (Å²) in [5, 5.41) is 3.12. The molecule has 3 atom stereocenters. The van der Waals surface area contributed by atoms with Crippen LogP contribution in [-0.4, -0.2) is 37.0 Å². The molecule has 0 radical (unpaired) electrons. The summed E-state index contributed by atoms with van der Waals surface area (Å²) in [5.74, 6) is 0.924. The molecule has 0 bridgehead atoms. The molecule has 2 amide bonds. The highest BCUT2D eigenvalue weighted by Crippen LogP contribution is 2.33. The van der Waals surface area contributed by atoms with E-state index in [0.29, 0.717) is 24.8 Å². The van der Waals surface area contributed by atoms with Crippen LogP contribution in [0.15, 0.2) is 24.3 Å². The van der Waals surface area contributed by atoms with Gasteiger partial charge in [-0.15, -0.1) is 12.4 Å². The molecule has 0 spiro atoms. The molecule has 1 aliphatic carbocycles. The number of anilines is 1. The second-order valence-electron chi connectivity index (χ2n) is 6.92. The molecule has 26 heavy (non-hydrogen) atoms. The number of rotatable bonds is 5. The molecule has 1 saturated carbocycles. The van der Waals surface area contributed by atoms with Crippen LogP contribution in [0.3, 0.4) is 0 Å². The molecule has 3 rings (SSSR count). The van der Waals surface area contributed by atoms with Gasteiger partial charge in [-0.1, -0.05) is 25.0 Å². The van der Waals surface area contributed by atoms with Crippen LogP contribution in [-0.2, 0) is 9.59 Å². The Morgan fingerprint density at radius 1 is 1.31 bits per heavy atom. The SMILES string of the molecule is CC1Oc2ccccc2N(CCC(=O)NC2CCCCC2CN)C1=O.Cl. The second-order valence-corrected chi connectivity index (χ2v) is 6.92. The van der Waals surface area contributed by atoms with Crippen LogP contribution >= 0.6 is 12.4 Å². The number of amides is 2. The van der Waals surface area contributed by atoms with Crippen molar-refractivity contribution >= 4 is 29.9 Å². The van der Waals surface area contributed by atoms with Gasteiger partial charge >= 0.3 is 0 Å². The number of hydrogen-bond acceptors (Lipinski definition) is 4. The molecule has 1 aromatic carbocycles. The van der Waals surface area contributed by atoms with Crippen molar-refractivity contribution in [3.8, 4) is 5.75 Å². The minimum absolute atomic E-state index is 0. The number of carbonyl (C=O) groups is 2. The van der Waals surface area contributed by atoms with Crippen LogP contribution < -0.4 is 20.7 Å². The van der Waals surface area contributed by atoms with Crippen LogP contribution in [0, 0.1) is 5.92 Å². The Bertz CT molecular complexity index is 640. The van der Waals surface area contributed by atoms with Gasteiger partial charge in [-0.25, -0.2) is 0 Å². The Morgan fingerprint density at radius 2 is 2.04 bits per heavy atom. The molecular weight excluding hydrogens is 354 g/mol. The standard InChI is InChI=1S/C19H27N3O3.ClH/c1-13-19(24)22(16-8-4-5-9-17(16)25-13)11-10-18(23)21-15-7-3-2-6-14(15)12-20;/h4-5,8-9,13-15H,2-3,6-7,10-12,20H2,1H3,(H,21,23);1H. The number of benzene rings is 1. The van der Waals surface area contributed by atoms with Crippen molar-refractivity contribution in [1.82, 2.24) is 5.32 Å². The number of nitrogens with two attached hydrogens (primary N) is 1. The fraction of sp³-hybridized carbons (Fsp3) is 0.579. The topological polar surface area (TPSA) is 84.7 Å². The van der Waals surface area contributed by atoms with Crippen LogP contribution in [0.25, 0.3) is 0 Å². The van der Waals surface area contributed by atoms with E-state index in [9.17, 15) is 9.59 Å². The summed E-state index contributed by atoms with van der Waals surface area (Å²) in [5.41, 5.74) is 6.56. The number of fused-ring (bicyclic) bond motifs is 1. The van der Waals surface area contributed by atoms with E-state index < -0.39 is 6.10 Å². The lowest BCUT2D eigenvalue weighted by atomic mass is 9.84. The molecule has 0 aromatic heterocycles. The van der Waals surface area contributed by atoms with E-state index in [2.05, 4.69) is 5.32 Å². The van der Waals surface area contributed by atoms with Crippen LogP contribution in [0.2, 0.25) is 0 Å². The molecule has 0 saturated heterocycles. The lowest BCUT2D eigenvalue weighted by Crippen LogP contribution is -2.48. The minimum Gasteiger partial charge on any atom is -0.479 e. The Hall–Kier alpha value is -1.79. The van der Waals surface area contributed by atoms with Crippen molar-refractivity contribution in [3.63, 3.8) is 0 Å².